The van der Waals surface area contributed by atoms with E-state index in [-0.39, 0.29) is 12.1 Å². The number of nitriles is 1. The molecule has 0 aliphatic heterocycles. The van der Waals surface area contributed by atoms with Gasteiger partial charge in [0.15, 0.2) is 0 Å². The Labute approximate surface area is 83.0 Å². The van der Waals surface area contributed by atoms with Gasteiger partial charge in [0.2, 0.25) is 0 Å². The van der Waals surface area contributed by atoms with Crippen LogP contribution in [-0.2, 0) is 11.2 Å². The average molecular weight is 241 g/mol. The molecule has 1 aromatic heterocycles. The Morgan fingerprint density at radius 1 is 1.69 bits per heavy atom. The zero-order chi connectivity index (χ0) is 9.84. The van der Waals surface area contributed by atoms with Crippen LogP contribution < -0.4 is 0 Å². The maximum absolute atomic E-state index is 10.3. The maximum atomic E-state index is 10.3. The summed E-state index contributed by atoms with van der Waals surface area (Å²) in [5.41, 5.74) is 0.587. The Bertz CT molecular complexity index is 384. The Hall–Kier alpha value is -1.41. The molecule has 0 bridgehead atoms. The molecule has 0 saturated carbocycles. The summed E-state index contributed by atoms with van der Waals surface area (Å²) >= 11 is 3.16. The average Bonchev–Trinajstić information content (AvgIpc) is 2.01. The smallest absolute Gasteiger partial charge is 0.309 e. The molecule has 0 unspecified atom stereocenters. The van der Waals surface area contributed by atoms with Crippen LogP contribution in [0.2, 0.25) is 0 Å². The number of carbonyl (C=O) groups is 1. The highest BCUT2D eigenvalue weighted by atomic mass is 79.9. The summed E-state index contributed by atoms with van der Waals surface area (Å²) in [4.78, 5) is 14.2. The molecule has 1 heterocycles. The van der Waals surface area contributed by atoms with E-state index in [1.165, 1.54) is 6.07 Å². The molecule has 0 aliphatic carbocycles. The Morgan fingerprint density at radius 3 is 2.92 bits per heavy atom. The van der Waals surface area contributed by atoms with Gasteiger partial charge >= 0.3 is 5.97 Å². The summed E-state index contributed by atoms with van der Waals surface area (Å²) in [5.74, 6) is -0.963. The number of hydrogen-bond acceptors (Lipinski definition) is 3. The van der Waals surface area contributed by atoms with Crippen LogP contribution in [0.15, 0.2) is 16.6 Å². The molecule has 13 heavy (non-hydrogen) atoms. The monoisotopic (exact) mass is 240 g/mol. The van der Waals surface area contributed by atoms with Crippen LogP contribution in [0, 0.1) is 11.3 Å². The second-order valence-corrected chi connectivity index (χ2v) is 3.26. The Morgan fingerprint density at radius 2 is 2.38 bits per heavy atom. The molecule has 0 fully saturated rings. The van der Waals surface area contributed by atoms with Crippen molar-refractivity contribution in [3.8, 4) is 6.07 Å². The number of nitrogens with zero attached hydrogens (tertiary/aromatic N) is 2. The highest BCUT2D eigenvalue weighted by molar-refractivity contribution is 9.10. The molecule has 5 heteroatoms. The second-order valence-electron chi connectivity index (χ2n) is 2.34. The van der Waals surface area contributed by atoms with E-state index in [0.29, 0.717) is 10.2 Å². The lowest BCUT2D eigenvalue weighted by Crippen LogP contribution is -2.03. The number of carboxylic acid groups (broad SMARTS) is 1. The van der Waals surface area contributed by atoms with Crippen LogP contribution in [-0.4, -0.2) is 16.1 Å². The molecule has 1 rings (SSSR count). The van der Waals surface area contributed by atoms with Gasteiger partial charge in [-0.3, -0.25) is 4.79 Å². The minimum absolute atomic E-state index is 0.173. The van der Waals surface area contributed by atoms with Gasteiger partial charge < -0.3 is 5.11 Å². The number of halogens is 1. The molecule has 0 spiro atoms. The first-order chi connectivity index (χ1) is 6.11. The predicted octanol–water partition coefficient (Wildman–Crippen LogP) is 1.34. The van der Waals surface area contributed by atoms with E-state index in [4.69, 9.17) is 10.4 Å². The number of aromatic nitrogens is 1. The predicted molar refractivity (Wildman–Crippen MR) is 48.0 cm³/mol. The summed E-state index contributed by atoms with van der Waals surface area (Å²) in [6.07, 6.45) is -0.173. The zero-order valence-electron chi connectivity index (χ0n) is 6.49. The molecule has 0 aromatic carbocycles. The second kappa shape index (κ2) is 4.01. The van der Waals surface area contributed by atoms with E-state index in [2.05, 4.69) is 20.9 Å². The van der Waals surface area contributed by atoms with Crippen LogP contribution in [0.25, 0.3) is 0 Å². The van der Waals surface area contributed by atoms with Crippen LogP contribution in [0.5, 0.6) is 0 Å². The molecule has 0 saturated heterocycles. The normalized spacial score (nSPS) is 9.23. The van der Waals surface area contributed by atoms with Crippen molar-refractivity contribution in [1.29, 1.82) is 5.26 Å². The molecule has 1 aromatic rings. The minimum Gasteiger partial charge on any atom is -0.481 e. The number of rotatable bonds is 2. The summed E-state index contributed by atoms with van der Waals surface area (Å²) in [6.45, 7) is 0. The van der Waals surface area contributed by atoms with Crippen molar-refractivity contribution in [2.24, 2.45) is 0 Å². The first-order valence-electron chi connectivity index (χ1n) is 3.40. The van der Waals surface area contributed by atoms with Gasteiger partial charge in [0.05, 0.1) is 12.1 Å². The summed E-state index contributed by atoms with van der Waals surface area (Å²) in [7, 11) is 0. The van der Waals surface area contributed by atoms with Crippen molar-refractivity contribution in [3.05, 3.63) is 28.0 Å². The zero-order valence-corrected chi connectivity index (χ0v) is 8.08. The van der Waals surface area contributed by atoms with E-state index in [9.17, 15) is 4.79 Å². The van der Waals surface area contributed by atoms with Crippen molar-refractivity contribution < 1.29 is 9.90 Å². The topological polar surface area (TPSA) is 74.0 Å². The lowest BCUT2D eigenvalue weighted by Gasteiger charge is -1.97. The largest absolute Gasteiger partial charge is 0.481 e. The highest BCUT2D eigenvalue weighted by Gasteiger charge is 2.04. The number of aliphatic carboxylic acids is 1. The quantitative estimate of drug-likeness (QED) is 0.847. The van der Waals surface area contributed by atoms with Gasteiger partial charge in [0.1, 0.15) is 11.8 Å². The molecule has 0 atom stereocenters. The van der Waals surface area contributed by atoms with Gasteiger partial charge in [-0.15, -0.1) is 0 Å². The van der Waals surface area contributed by atoms with Crippen molar-refractivity contribution in [3.63, 3.8) is 0 Å². The lowest BCUT2D eigenvalue weighted by atomic mass is 10.2. The van der Waals surface area contributed by atoms with Crippen molar-refractivity contribution in [2.75, 3.05) is 0 Å². The van der Waals surface area contributed by atoms with E-state index >= 15 is 0 Å². The fourth-order valence-electron chi connectivity index (χ4n) is 0.853. The van der Waals surface area contributed by atoms with E-state index in [1.807, 2.05) is 6.07 Å². The van der Waals surface area contributed by atoms with Crippen molar-refractivity contribution in [1.82, 2.24) is 4.98 Å². The van der Waals surface area contributed by atoms with Crippen LogP contribution in [0.4, 0.5) is 0 Å². The number of pyridine rings is 1. The van der Waals surface area contributed by atoms with Crippen LogP contribution >= 0.6 is 15.9 Å². The minimum atomic E-state index is -0.963. The van der Waals surface area contributed by atoms with Gasteiger partial charge in [-0.1, -0.05) is 15.9 Å². The summed E-state index contributed by atoms with van der Waals surface area (Å²) in [6, 6.07) is 4.96. The molecule has 1 N–H and O–H groups in total. The standard InChI is InChI=1S/C8H5BrN2O2/c9-5-1-6(3-8(12)13)11-7(2-5)4-10/h1-2H,3H2,(H,12,13). The summed E-state index contributed by atoms with van der Waals surface area (Å²) in [5, 5.41) is 17.0. The van der Waals surface area contributed by atoms with Gasteiger partial charge in [0.25, 0.3) is 0 Å². The first-order valence-corrected chi connectivity index (χ1v) is 4.19. The highest BCUT2D eigenvalue weighted by Crippen LogP contribution is 2.12. The Kier molecular flexibility index (Phi) is 2.98. The maximum Gasteiger partial charge on any atom is 0.309 e. The molecular formula is C8H5BrN2O2. The number of hydrogen-bond donors (Lipinski definition) is 1. The molecule has 66 valence electrons. The summed E-state index contributed by atoms with van der Waals surface area (Å²) < 4.78 is 0.662. The third-order valence-corrected chi connectivity index (χ3v) is 1.75. The molecular weight excluding hydrogens is 236 g/mol. The molecule has 0 aliphatic rings. The first kappa shape index (κ1) is 9.68. The van der Waals surface area contributed by atoms with E-state index in [1.54, 1.807) is 6.07 Å². The van der Waals surface area contributed by atoms with Gasteiger partial charge in [-0.2, -0.15) is 5.26 Å². The van der Waals surface area contributed by atoms with E-state index in [0.717, 1.165) is 0 Å². The van der Waals surface area contributed by atoms with Crippen molar-refractivity contribution >= 4 is 21.9 Å². The Balaban J connectivity index is 3.03. The van der Waals surface area contributed by atoms with E-state index < -0.39 is 5.97 Å². The molecule has 4 nitrogen and oxygen atoms in total. The molecule has 0 radical (unpaired) electrons. The number of carboxylic acids is 1. The van der Waals surface area contributed by atoms with Crippen LogP contribution in [0.1, 0.15) is 11.4 Å². The van der Waals surface area contributed by atoms with Gasteiger partial charge in [-0.25, -0.2) is 4.98 Å². The van der Waals surface area contributed by atoms with Gasteiger partial charge in [-0.05, 0) is 12.1 Å². The SMILES string of the molecule is N#Cc1cc(Br)cc(CC(=O)O)n1. The lowest BCUT2D eigenvalue weighted by molar-refractivity contribution is -0.136. The fourth-order valence-corrected chi connectivity index (χ4v) is 1.33. The van der Waals surface area contributed by atoms with Gasteiger partial charge in [0, 0.05) is 4.47 Å². The fraction of sp³-hybridized carbons (Fsp3) is 0.125. The molecule has 0 amide bonds. The van der Waals surface area contributed by atoms with Crippen LogP contribution in [0.3, 0.4) is 0 Å². The van der Waals surface area contributed by atoms with Crippen molar-refractivity contribution in [2.45, 2.75) is 6.42 Å². The third-order valence-electron chi connectivity index (χ3n) is 1.29. The third kappa shape index (κ3) is 2.84.